The fraction of sp³-hybridized carbons (Fsp3) is 0.154. The van der Waals surface area contributed by atoms with Crippen molar-refractivity contribution in [3.05, 3.63) is 48.3 Å². The summed E-state index contributed by atoms with van der Waals surface area (Å²) in [5, 5.41) is 4.98. The molecule has 6 nitrogen and oxygen atoms in total. The number of Topliss-reactive ketones (excluding diaryl/α,β-unsaturated/α-hetero) is 1. The molecule has 1 aromatic heterocycles. The van der Waals surface area contributed by atoms with E-state index in [9.17, 15) is 13.2 Å². The predicted octanol–water partition coefficient (Wildman–Crippen LogP) is 0.934. The minimum Gasteiger partial charge on any atom is -0.485 e. The van der Waals surface area contributed by atoms with Gasteiger partial charge in [0.05, 0.1) is 10.6 Å². The van der Waals surface area contributed by atoms with Crippen LogP contribution in [-0.2, 0) is 17.1 Å². The molecule has 0 aliphatic rings. The molecule has 0 atom stereocenters. The number of hydrogen-bond donors (Lipinski definition) is 1. The molecule has 0 spiro atoms. The van der Waals surface area contributed by atoms with Crippen LogP contribution < -0.4 is 9.88 Å². The van der Waals surface area contributed by atoms with E-state index in [1.165, 1.54) is 24.3 Å². The van der Waals surface area contributed by atoms with Gasteiger partial charge in [0, 0.05) is 13.2 Å². The summed E-state index contributed by atoms with van der Waals surface area (Å²) in [6.07, 6.45) is 1.77. The molecule has 0 aliphatic heterocycles. The zero-order valence-corrected chi connectivity index (χ0v) is 11.6. The van der Waals surface area contributed by atoms with Gasteiger partial charge < -0.3 is 9.30 Å². The summed E-state index contributed by atoms with van der Waals surface area (Å²) in [6, 6.07) is 9.05. The Bertz CT molecular complexity index is 717. The Morgan fingerprint density at radius 3 is 2.40 bits per heavy atom. The highest BCUT2D eigenvalue weighted by Gasteiger charge is 2.11. The molecule has 20 heavy (non-hydrogen) atoms. The summed E-state index contributed by atoms with van der Waals surface area (Å²) in [4.78, 5) is 11.9. The van der Waals surface area contributed by atoms with Crippen LogP contribution in [0.15, 0.2) is 47.5 Å². The van der Waals surface area contributed by atoms with Crippen LogP contribution in [0.5, 0.6) is 5.75 Å². The maximum Gasteiger partial charge on any atom is 0.238 e. The third kappa shape index (κ3) is 3.25. The maximum absolute atomic E-state index is 11.9. The van der Waals surface area contributed by atoms with Crippen LogP contribution in [0.4, 0.5) is 0 Å². The molecule has 0 unspecified atom stereocenters. The first kappa shape index (κ1) is 14.3. The Labute approximate surface area is 116 Å². The lowest BCUT2D eigenvalue weighted by Gasteiger charge is -2.07. The van der Waals surface area contributed by atoms with Gasteiger partial charge in [-0.2, -0.15) is 0 Å². The molecule has 0 bridgehead atoms. The number of benzene rings is 1. The summed E-state index contributed by atoms with van der Waals surface area (Å²) in [7, 11) is -1.95. The molecule has 2 rings (SSSR count). The number of carbonyl (C=O) groups is 1. The van der Waals surface area contributed by atoms with Gasteiger partial charge in [-0.25, -0.2) is 13.6 Å². The zero-order valence-electron chi connectivity index (χ0n) is 10.8. The largest absolute Gasteiger partial charge is 0.485 e. The number of nitrogens with two attached hydrogens (primary N) is 1. The van der Waals surface area contributed by atoms with Crippen LogP contribution in [0.25, 0.3) is 0 Å². The van der Waals surface area contributed by atoms with Crippen molar-refractivity contribution >= 4 is 15.8 Å². The van der Waals surface area contributed by atoms with E-state index in [0.29, 0.717) is 11.4 Å². The maximum atomic E-state index is 11.9. The van der Waals surface area contributed by atoms with E-state index in [1.54, 1.807) is 29.9 Å². The van der Waals surface area contributed by atoms with Crippen molar-refractivity contribution < 1.29 is 17.9 Å². The van der Waals surface area contributed by atoms with E-state index in [1.807, 2.05) is 0 Å². The van der Waals surface area contributed by atoms with Crippen molar-refractivity contribution in [1.29, 1.82) is 0 Å². The summed E-state index contributed by atoms with van der Waals surface area (Å²) < 4.78 is 29.2. The SMILES string of the molecule is Cn1cccc1C(=O)COc1ccc(S(N)(=O)=O)cc1. The third-order valence-corrected chi connectivity index (χ3v) is 3.68. The Kier molecular flexibility index (Phi) is 3.91. The predicted molar refractivity (Wildman–Crippen MR) is 73.1 cm³/mol. The molecular weight excluding hydrogens is 280 g/mol. The van der Waals surface area contributed by atoms with Gasteiger partial charge in [0.25, 0.3) is 0 Å². The van der Waals surface area contributed by atoms with Crippen molar-refractivity contribution in [2.24, 2.45) is 12.2 Å². The highest BCUT2D eigenvalue weighted by Crippen LogP contribution is 2.15. The molecule has 0 fully saturated rings. The Morgan fingerprint density at radius 1 is 1.25 bits per heavy atom. The summed E-state index contributed by atoms with van der Waals surface area (Å²) in [5.41, 5.74) is 0.547. The van der Waals surface area contributed by atoms with Crippen molar-refractivity contribution in [2.75, 3.05) is 6.61 Å². The average Bonchev–Trinajstić information content (AvgIpc) is 2.82. The fourth-order valence-corrected chi connectivity index (χ4v) is 2.21. The number of nitrogens with zero attached hydrogens (tertiary/aromatic N) is 1. The standard InChI is InChI=1S/C13H14N2O4S/c1-15-8-2-3-12(15)13(16)9-19-10-4-6-11(7-5-10)20(14,17)18/h2-8H,9H2,1H3,(H2,14,17,18). The van der Waals surface area contributed by atoms with Gasteiger partial charge in [0.15, 0.2) is 6.61 Å². The van der Waals surface area contributed by atoms with Crippen LogP contribution in [0.1, 0.15) is 10.5 Å². The van der Waals surface area contributed by atoms with Crippen molar-refractivity contribution in [3.63, 3.8) is 0 Å². The van der Waals surface area contributed by atoms with Crippen LogP contribution in [0.3, 0.4) is 0 Å². The Hall–Kier alpha value is -2.12. The second kappa shape index (κ2) is 5.48. The lowest BCUT2D eigenvalue weighted by molar-refractivity contribution is 0.0913. The monoisotopic (exact) mass is 294 g/mol. The van der Waals surface area contributed by atoms with Gasteiger partial charge in [-0.05, 0) is 36.4 Å². The van der Waals surface area contributed by atoms with E-state index in [0.717, 1.165) is 0 Å². The topological polar surface area (TPSA) is 91.4 Å². The molecule has 0 radical (unpaired) electrons. The van der Waals surface area contributed by atoms with E-state index in [-0.39, 0.29) is 17.3 Å². The minimum atomic E-state index is -3.72. The third-order valence-electron chi connectivity index (χ3n) is 2.75. The molecule has 2 aromatic rings. The average molecular weight is 294 g/mol. The molecule has 1 heterocycles. The molecule has 0 aliphatic carbocycles. The number of carbonyl (C=O) groups excluding carboxylic acids is 1. The minimum absolute atomic E-state index is 0.00129. The van der Waals surface area contributed by atoms with Gasteiger partial charge in [-0.3, -0.25) is 4.79 Å². The molecule has 7 heteroatoms. The fourth-order valence-electron chi connectivity index (χ4n) is 1.70. The quantitative estimate of drug-likeness (QED) is 0.831. The van der Waals surface area contributed by atoms with Crippen molar-refractivity contribution in [1.82, 2.24) is 4.57 Å². The first-order valence-corrected chi connectivity index (χ1v) is 7.33. The number of ketones is 1. The number of sulfonamides is 1. The lowest BCUT2D eigenvalue weighted by Crippen LogP contribution is -2.15. The van der Waals surface area contributed by atoms with Crippen molar-refractivity contribution in [2.45, 2.75) is 4.90 Å². The molecular formula is C13H14N2O4S. The van der Waals surface area contributed by atoms with Gasteiger partial charge in [-0.15, -0.1) is 0 Å². The van der Waals surface area contributed by atoms with E-state index < -0.39 is 10.0 Å². The van der Waals surface area contributed by atoms with Crippen LogP contribution in [-0.4, -0.2) is 25.4 Å². The van der Waals surface area contributed by atoms with E-state index in [2.05, 4.69) is 0 Å². The number of rotatable bonds is 5. The number of ether oxygens (including phenoxy) is 1. The molecule has 0 amide bonds. The normalized spacial score (nSPS) is 11.3. The van der Waals surface area contributed by atoms with Gasteiger partial charge >= 0.3 is 0 Å². The van der Waals surface area contributed by atoms with Gasteiger partial charge in [-0.1, -0.05) is 0 Å². The number of aromatic nitrogens is 1. The van der Waals surface area contributed by atoms with E-state index in [4.69, 9.17) is 9.88 Å². The number of primary sulfonamides is 1. The lowest BCUT2D eigenvalue weighted by atomic mass is 10.3. The van der Waals surface area contributed by atoms with Gasteiger partial charge in [0.1, 0.15) is 5.75 Å². The molecule has 2 N–H and O–H groups in total. The highest BCUT2D eigenvalue weighted by molar-refractivity contribution is 7.89. The summed E-state index contributed by atoms with van der Waals surface area (Å²) in [6.45, 7) is -0.118. The number of hydrogen-bond acceptors (Lipinski definition) is 4. The van der Waals surface area contributed by atoms with Gasteiger partial charge in [0.2, 0.25) is 15.8 Å². The molecule has 1 aromatic carbocycles. The second-order valence-corrected chi connectivity index (χ2v) is 5.79. The van der Waals surface area contributed by atoms with E-state index >= 15 is 0 Å². The molecule has 106 valence electrons. The second-order valence-electron chi connectivity index (χ2n) is 4.23. The smallest absolute Gasteiger partial charge is 0.238 e. The Morgan fingerprint density at radius 2 is 1.90 bits per heavy atom. The zero-order chi connectivity index (χ0) is 14.8. The van der Waals surface area contributed by atoms with Crippen LogP contribution in [0, 0.1) is 0 Å². The molecule has 0 saturated heterocycles. The number of aryl methyl sites for hydroxylation is 1. The highest BCUT2D eigenvalue weighted by atomic mass is 32.2. The van der Waals surface area contributed by atoms with Crippen LogP contribution >= 0.6 is 0 Å². The first-order chi connectivity index (χ1) is 9.38. The van der Waals surface area contributed by atoms with Crippen LogP contribution in [0.2, 0.25) is 0 Å². The first-order valence-electron chi connectivity index (χ1n) is 5.78. The summed E-state index contributed by atoms with van der Waals surface area (Å²) in [5.74, 6) is 0.244. The Balaban J connectivity index is 2.02. The molecule has 0 saturated carbocycles. The summed E-state index contributed by atoms with van der Waals surface area (Å²) >= 11 is 0. The van der Waals surface area contributed by atoms with Crippen molar-refractivity contribution in [3.8, 4) is 5.75 Å².